The Hall–Kier alpha value is -1.46. The van der Waals surface area contributed by atoms with Gasteiger partial charge in [0.05, 0.1) is 28.4 Å². The zero-order chi connectivity index (χ0) is 12.5. The number of nitrogens with zero attached hydrogens (tertiary/aromatic N) is 2. The SMILES string of the molecule is O=C(c1ccc2ncsc2c1)N1CCCC1CO. The van der Waals surface area contributed by atoms with E-state index in [1.807, 2.05) is 18.2 Å². The molecule has 2 aromatic rings. The number of hydrogen-bond donors (Lipinski definition) is 1. The summed E-state index contributed by atoms with van der Waals surface area (Å²) in [5.41, 5.74) is 3.40. The number of carbonyl (C=O) groups is 1. The van der Waals surface area contributed by atoms with Crippen LogP contribution < -0.4 is 0 Å². The van der Waals surface area contributed by atoms with Crippen LogP contribution in [0.15, 0.2) is 23.7 Å². The minimum Gasteiger partial charge on any atom is -0.394 e. The summed E-state index contributed by atoms with van der Waals surface area (Å²) in [6, 6.07) is 5.57. The van der Waals surface area contributed by atoms with Gasteiger partial charge >= 0.3 is 0 Å². The van der Waals surface area contributed by atoms with Gasteiger partial charge in [-0.05, 0) is 31.0 Å². The first kappa shape index (κ1) is 11.6. The summed E-state index contributed by atoms with van der Waals surface area (Å²) >= 11 is 1.54. The Bertz CT molecular complexity index is 581. The first-order valence-electron chi connectivity index (χ1n) is 6.04. The largest absolute Gasteiger partial charge is 0.394 e. The van der Waals surface area contributed by atoms with E-state index in [2.05, 4.69) is 4.98 Å². The van der Waals surface area contributed by atoms with Crippen LogP contribution >= 0.6 is 11.3 Å². The van der Waals surface area contributed by atoms with Crippen LogP contribution in [0.25, 0.3) is 10.2 Å². The van der Waals surface area contributed by atoms with Crippen molar-refractivity contribution in [1.29, 1.82) is 0 Å². The fraction of sp³-hybridized carbons (Fsp3) is 0.385. The quantitative estimate of drug-likeness (QED) is 0.899. The van der Waals surface area contributed by atoms with Gasteiger partial charge in [0.25, 0.3) is 5.91 Å². The third-order valence-electron chi connectivity index (χ3n) is 3.43. The smallest absolute Gasteiger partial charge is 0.254 e. The summed E-state index contributed by atoms with van der Waals surface area (Å²) in [5.74, 6) is 0.0156. The van der Waals surface area contributed by atoms with Gasteiger partial charge < -0.3 is 10.0 Å². The molecule has 1 aliphatic heterocycles. The molecule has 0 spiro atoms. The molecule has 0 bridgehead atoms. The third-order valence-corrected chi connectivity index (χ3v) is 4.22. The molecular formula is C13H14N2O2S. The maximum absolute atomic E-state index is 12.4. The van der Waals surface area contributed by atoms with Crippen LogP contribution in [0.4, 0.5) is 0 Å². The predicted octanol–water partition coefficient (Wildman–Crippen LogP) is 1.89. The van der Waals surface area contributed by atoms with Gasteiger partial charge in [0.15, 0.2) is 0 Å². The molecule has 0 saturated carbocycles. The molecule has 5 heteroatoms. The summed E-state index contributed by atoms with van der Waals surface area (Å²) in [4.78, 5) is 18.4. The van der Waals surface area contributed by atoms with Gasteiger partial charge in [0.1, 0.15) is 0 Å². The standard InChI is InChI=1S/C13H14N2O2S/c16-7-10-2-1-5-15(10)13(17)9-3-4-11-12(6-9)18-8-14-11/h3-4,6,8,10,16H,1-2,5,7H2. The van der Waals surface area contributed by atoms with Crippen LogP contribution in [0.2, 0.25) is 0 Å². The Balaban J connectivity index is 1.91. The van der Waals surface area contributed by atoms with E-state index in [1.165, 1.54) is 11.3 Å². The van der Waals surface area contributed by atoms with Crippen LogP contribution in [0.1, 0.15) is 23.2 Å². The van der Waals surface area contributed by atoms with E-state index in [4.69, 9.17) is 0 Å². The highest BCUT2D eigenvalue weighted by molar-refractivity contribution is 7.16. The number of thiazole rings is 1. The number of likely N-dealkylation sites (tertiary alicyclic amines) is 1. The van der Waals surface area contributed by atoms with E-state index in [9.17, 15) is 9.90 Å². The van der Waals surface area contributed by atoms with Crippen molar-refractivity contribution in [3.63, 3.8) is 0 Å². The molecule has 94 valence electrons. The molecule has 0 aliphatic carbocycles. The molecule has 1 atom stereocenters. The summed E-state index contributed by atoms with van der Waals surface area (Å²) in [7, 11) is 0. The van der Waals surface area contributed by atoms with Gasteiger partial charge in [-0.2, -0.15) is 0 Å². The number of aromatic nitrogens is 1. The molecule has 1 fully saturated rings. The lowest BCUT2D eigenvalue weighted by molar-refractivity contribution is 0.0678. The van der Waals surface area contributed by atoms with E-state index in [1.54, 1.807) is 10.4 Å². The van der Waals surface area contributed by atoms with E-state index in [0.29, 0.717) is 5.56 Å². The second-order valence-corrected chi connectivity index (χ2v) is 5.40. The second kappa shape index (κ2) is 4.66. The number of amides is 1. The van der Waals surface area contributed by atoms with Crippen molar-refractivity contribution < 1.29 is 9.90 Å². The molecule has 1 aromatic heterocycles. The molecule has 1 aromatic carbocycles. The van der Waals surface area contributed by atoms with Crippen LogP contribution in [0.3, 0.4) is 0 Å². The molecule has 0 radical (unpaired) electrons. The average Bonchev–Trinajstić information content (AvgIpc) is 3.05. The third kappa shape index (κ3) is 1.89. The maximum atomic E-state index is 12.4. The Kier molecular flexibility index (Phi) is 3.01. The van der Waals surface area contributed by atoms with Gasteiger partial charge in [-0.1, -0.05) is 0 Å². The summed E-state index contributed by atoms with van der Waals surface area (Å²) < 4.78 is 1.03. The van der Waals surface area contributed by atoms with Crippen LogP contribution in [0.5, 0.6) is 0 Å². The number of hydrogen-bond acceptors (Lipinski definition) is 4. The Morgan fingerprint density at radius 2 is 2.44 bits per heavy atom. The van der Waals surface area contributed by atoms with Crippen LogP contribution in [0, 0.1) is 0 Å². The molecule has 3 rings (SSSR count). The number of carbonyl (C=O) groups excluding carboxylic acids is 1. The Morgan fingerprint density at radius 3 is 3.28 bits per heavy atom. The van der Waals surface area contributed by atoms with Crippen molar-refractivity contribution in [3.8, 4) is 0 Å². The van der Waals surface area contributed by atoms with Gasteiger partial charge in [0, 0.05) is 12.1 Å². The minimum atomic E-state index is -0.0188. The highest BCUT2D eigenvalue weighted by Crippen LogP contribution is 2.23. The van der Waals surface area contributed by atoms with Gasteiger partial charge in [-0.25, -0.2) is 4.98 Å². The molecule has 1 saturated heterocycles. The molecule has 4 nitrogen and oxygen atoms in total. The van der Waals surface area contributed by atoms with Gasteiger partial charge in [0.2, 0.25) is 0 Å². The lowest BCUT2D eigenvalue weighted by Gasteiger charge is -2.23. The number of fused-ring (bicyclic) bond motifs is 1. The van der Waals surface area contributed by atoms with Crippen molar-refractivity contribution in [2.45, 2.75) is 18.9 Å². The normalized spacial score (nSPS) is 19.6. The fourth-order valence-electron chi connectivity index (χ4n) is 2.45. The minimum absolute atomic E-state index is 0.0156. The van der Waals surface area contributed by atoms with E-state index in [-0.39, 0.29) is 18.6 Å². The Morgan fingerprint density at radius 1 is 1.56 bits per heavy atom. The molecule has 1 unspecified atom stereocenters. The second-order valence-electron chi connectivity index (χ2n) is 4.51. The van der Waals surface area contributed by atoms with Crippen molar-refractivity contribution in [3.05, 3.63) is 29.3 Å². The highest BCUT2D eigenvalue weighted by Gasteiger charge is 2.28. The highest BCUT2D eigenvalue weighted by atomic mass is 32.1. The summed E-state index contributed by atoms with van der Waals surface area (Å²) in [5, 5.41) is 9.27. The topological polar surface area (TPSA) is 53.4 Å². The number of benzene rings is 1. The summed E-state index contributed by atoms with van der Waals surface area (Å²) in [6.07, 6.45) is 1.87. The van der Waals surface area contributed by atoms with E-state index >= 15 is 0 Å². The lowest BCUT2D eigenvalue weighted by Crippen LogP contribution is -2.37. The number of aliphatic hydroxyl groups is 1. The van der Waals surface area contributed by atoms with Crippen LogP contribution in [-0.4, -0.2) is 40.1 Å². The maximum Gasteiger partial charge on any atom is 0.254 e. The lowest BCUT2D eigenvalue weighted by atomic mass is 10.1. The average molecular weight is 262 g/mol. The number of rotatable bonds is 2. The zero-order valence-electron chi connectivity index (χ0n) is 9.87. The zero-order valence-corrected chi connectivity index (χ0v) is 10.7. The van der Waals surface area contributed by atoms with Crippen molar-refractivity contribution in [2.75, 3.05) is 13.2 Å². The fourth-order valence-corrected chi connectivity index (χ4v) is 3.16. The van der Waals surface area contributed by atoms with Crippen molar-refractivity contribution in [2.24, 2.45) is 0 Å². The molecule has 18 heavy (non-hydrogen) atoms. The van der Waals surface area contributed by atoms with Crippen LogP contribution in [-0.2, 0) is 0 Å². The monoisotopic (exact) mass is 262 g/mol. The molecule has 1 amide bonds. The molecule has 2 heterocycles. The predicted molar refractivity (Wildman–Crippen MR) is 70.8 cm³/mol. The molecule has 1 N–H and O–H groups in total. The van der Waals surface area contributed by atoms with Crippen molar-refractivity contribution in [1.82, 2.24) is 9.88 Å². The first-order chi connectivity index (χ1) is 8.79. The van der Waals surface area contributed by atoms with E-state index < -0.39 is 0 Å². The van der Waals surface area contributed by atoms with E-state index in [0.717, 1.165) is 29.6 Å². The first-order valence-corrected chi connectivity index (χ1v) is 6.92. The van der Waals surface area contributed by atoms with Gasteiger partial charge in [-0.3, -0.25) is 4.79 Å². The van der Waals surface area contributed by atoms with Crippen molar-refractivity contribution >= 4 is 27.5 Å². The summed E-state index contributed by atoms with van der Waals surface area (Å²) in [6.45, 7) is 0.791. The molecular weight excluding hydrogens is 248 g/mol. The van der Waals surface area contributed by atoms with Gasteiger partial charge in [-0.15, -0.1) is 11.3 Å². The number of aliphatic hydroxyl groups excluding tert-OH is 1. The Labute approximate surface area is 109 Å². The molecule has 1 aliphatic rings.